The monoisotopic (exact) mass is 406 g/mol. The Labute approximate surface area is 178 Å². The first kappa shape index (κ1) is 21.7. The molecule has 0 spiro atoms. The second-order valence-corrected chi connectivity index (χ2v) is 7.54. The summed E-state index contributed by atoms with van der Waals surface area (Å²) >= 11 is 0. The van der Waals surface area contributed by atoms with Crippen molar-refractivity contribution in [3.8, 4) is 5.75 Å². The summed E-state index contributed by atoms with van der Waals surface area (Å²) in [7, 11) is 1.64. The minimum absolute atomic E-state index is 0.398. The minimum Gasteiger partial charge on any atom is -0.497 e. The van der Waals surface area contributed by atoms with Gasteiger partial charge in [-0.25, -0.2) is 4.79 Å². The molecule has 2 aromatic carbocycles. The highest BCUT2D eigenvalue weighted by atomic mass is 16.5. The molecule has 0 fully saturated rings. The first-order chi connectivity index (χ1) is 14.4. The molecular weight excluding hydrogens is 376 g/mol. The molecule has 1 heterocycles. The van der Waals surface area contributed by atoms with Crippen LogP contribution in [0.2, 0.25) is 0 Å². The smallest absolute Gasteiger partial charge is 0.337 e. The van der Waals surface area contributed by atoms with Gasteiger partial charge < -0.3 is 19.7 Å². The third-order valence-electron chi connectivity index (χ3n) is 5.69. The summed E-state index contributed by atoms with van der Waals surface area (Å²) in [6, 6.07) is 16.4. The maximum Gasteiger partial charge on any atom is 0.337 e. The number of aromatic carboxylic acids is 1. The number of aromatic nitrogens is 1. The number of nitrogens with zero attached hydrogens (tertiary/aromatic N) is 1. The molecule has 0 aliphatic heterocycles. The summed E-state index contributed by atoms with van der Waals surface area (Å²) in [6.45, 7) is 7.86. The number of ether oxygens (including phenoxy) is 1. The van der Waals surface area contributed by atoms with Gasteiger partial charge in [-0.3, -0.25) is 0 Å². The van der Waals surface area contributed by atoms with Crippen LogP contribution < -0.4 is 10.1 Å². The van der Waals surface area contributed by atoms with Gasteiger partial charge in [0.25, 0.3) is 0 Å². The summed E-state index contributed by atoms with van der Waals surface area (Å²) in [5.74, 6) is -0.0732. The van der Waals surface area contributed by atoms with Gasteiger partial charge in [-0.05, 0) is 49.1 Å². The topological polar surface area (TPSA) is 63.5 Å². The van der Waals surface area contributed by atoms with Crippen molar-refractivity contribution in [1.82, 2.24) is 9.88 Å². The molecule has 0 saturated carbocycles. The average molecular weight is 407 g/mol. The van der Waals surface area contributed by atoms with Gasteiger partial charge in [0, 0.05) is 36.6 Å². The normalized spacial score (nSPS) is 10.9. The number of hydrogen-bond donors (Lipinski definition) is 2. The molecule has 0 bridgehead atoms. The van der Waals surface area contributed by atoms with Crippen LogP contribution in [0.1, 0.15) is 50.9 Å². The molecule has 5 heteroatoms. The minimum atomic E-state index is -0.881. The Hall–Kier alpha value is -3.05. The zero-order valence-electron chi connectivity index (χ0n) is 18.2. The van der Waals surface area contributed by atoms with Crippen molar-refractivity contribution >= 4 is 5.97 Å². The van der Waals surface area contributed by atoms with E-state index in [1.54, 1.807) is 7.11 Å². The predicted molar refractivity (Wildman–Crippen MR) is 119 cm³/mol. The van der Waals surface area contributed by atoms with Crippen LogP contribution in [0.5, 0.6) is 5.75 Å². The number of hydrogen-bond acceptors (Lipinski definition) is 3. The lowest BCUT2D eigenvalue weighted by Gasteiger charge is -2.11. The van der Waals surface area contributed by atoms with Crippen molar-refractivity contribution in [3.05, 3.63) is 87.7 Å². The van der Waals surface area contributed by atoms with E-state index in [-0.39, 0.29) is 0 Å². The maximum absolute atomic E-state index is 12.0. The van der Waals surface area contributed by atoms with Gasteiger partial charge in [-0.1, -0.05) is 43.3 Å². The van der Waals surface area contributed by atoms with E-state index in [2.05, 4.69) is 41.1 Å². The lowest BCUT2D eigenvalue weighted by molar-refractivity contribution is 0.0694. The van der Waals surface area contributed by atoms with Crippen LogP contribution in [0, 0.1) is 13.8 Å². The lowest BCUT2D eigenvalue weighted by Crippen LogP contribution is -2.15. The Morgan fingerprint density at radius 2 is 1.53 bits per heavy atom. The Morgan fingerprint density at radius 3 is 2.10 bits per heavy atom. The third kappa shape index (κ3) is 4.74. The summed E-state index contributed by atoms with van der Waals surface area (Å²) in [5.41, 5.74) is 6.61. The molecule has 0 saturated heterocycles. The first-order valence-corrected chi connectivity index (χ1v) is 10.3. The molecule has 3 rings (SSSR count). The van der Waals surface area contributed by atoms with E-state index in [1.165, 1.54) is 11.1 Å². The SMILES string of the molecule is CCc1ccc(CNCc2c(C(=O)O)c(C)n(Cc3ccc(OC)cc3)c2C)cc1. The average Bonchev–Trinajstić information content (AvgIpc) is 2.99. The molecule has 5 nitrogen and oxygen atoms in total. The summed E-state index contributed by atoms with van der Waals surface area (Å²) in [6.07, 6.45) is 1.02. The molecule has 0 aliphatic carbocycles. The van der Waals surface area contributed by atoms with Gasteiger partial charge >= 0.3 is 5.97 Å². The fraction of sp³-hybridized carbons (Fsp3) is 0.320. The van der Waals surface area contributed by atoms with Crippen LogP contribution >= 0.6 is 0 Å². The Kier molecular flexibility index (Phi) is 6.95. The molecule has 0 unspecified atom stereocenters. The summed E-state index contributed by atoms with van der Waals surface area (Å²) in [4.78, 5) is 12.0. The third-order valence-corrected chi connectivity index (χ3v) is 5.69. The van der Waals surface area contributed by atoms with Crippen LogP contribution in [0.15, 0.2) is 48.5 Å². The maximum atomic E-state index is 12.0. The standard InChI is InChI=1S/C25H30N2O3/c1-5-19-6-8-20(9-7-19)14-26-15-23-17(2)27(18(3)24(23)25(28)29)16-21-10-12-22(30-4)13-11-21/h6-13,26H,5,14-16H2,1-4H3,(H,28,29). The van der Waals surface area contributed by atoms with E-state index < -0.39 is 5.97 Å². The van der Waals surface area contributed by atoms with Crippen LogP contribution in [0.4, 0.5) is 0 Å². The molecule has 1 aromatic heterocycles. The molecule has 2 N–H and O–H groups in total. The van der Waals surface area contributed by atoms with Crippen LogP contribution in [0.3, 0.4) is 0 Å². The van der Waals surface area contributed by atoms with Crippen molar-refractivity contribution in [2.45, 2.75) is 46.8 Å². The molecule has 0 radical (unpaired) electrons. The molecule has 0 atom stereocenters. The number of methoxy groups -OCH3 is 1. The van der Waals surface area contributed by atoms with Crippen molar-refractivity contribution in [2.24, 2.45) is 0 Å². The molecule has 0 aliphatic rings. The van der Waals surface area contributed by atoms with Crippen molar-refractivity contribution in [1.29, 1.82) is 0 Å². The number of carbonyl (C=O) groups is 1. The number of carboxylic acid groups (broad SMARTS) is 1. The van der Waals surface area contributed by atoms with E-state index in [9.17, 15) is 9.90 Å². The molecule has 158 valence electrons. The lowest BCUT2D eigenvalue weighted by atomic mass is 10.1. The van der Waals surface area contributed by atoms with E-state index in [4.69, 9.17) is 4.74 Å². The number of carboxylic acids is 1. The zero-order valence-corrected chi connectivity index (χ0v) is 18.2. The summed E-state index contributed by atoms with van der Waals surface area (Å²) in [5, 5.41) is 13.3. The number of aryl methyl sites for hydroxylation is 1. The predicted octanol–water partition coefficient (Wildman–Crippen LogP) is 4.71. The van der Waals surface area contributed by atoms with E-state index >= 15 is 0 Å². The highest BCUT2D eigenvalue weighted by Crippen LogP contribution is 2.24. The first-order valence-electron chi connectivity index (χ1n) is 10.3. The second-order valence-electron chi connectivity index (χ2n) is 7.54. The molecule has 3 aromatic rings. The second kappa shape index (κ2) is 9.63. The van der Waals surface area contributed by atoms with Gasteiger partial charge in [0.2, 0.25) is 0 Å². The summed E-state index contributed by atoms with van der Waals surface area (Å²) < 4.78 is 7.30. The van der Waals surface area contributed by atoms with Crippen LogP contribution in [0.25, 0.3) is 0 Å². The molecule has 0 amide bonds. The number of nitrogens with one attached hydrogen (secondary N) is 1. The van der Waals surface area contributed by atoms with Crippen LogP contribution in [-0.4, -0.2) is 22.8 Å². The van der Waals surface area contributed by atoms with Gasteiger partial charge in [0.05, 0.1) is 12.7 Å². The highest BCUT2D eigenvalue weighted by Gasteiger charge is 2.22. The Morgan fingerprint density at radius 1 is 0.933 bits per heavy atom. The molecule has 30 heavy (non-hydrogen) atoms. The van der Waals surface area contributed by atoms with E-state index in [0.717, 1.165) is 34.7 Å². The Bertz CT molecular complexity index is 1000. The van der Waals surface area contributed by atoms with E-state index in [0.29, 0.717) is 25.2 Å². The number of benzene rings is 2. The van der Waals surface area contributed by atoms with Gasteiger partial charge in [0.1, 0.15) is 5.75 Å². The highest BCUT2D eigenvalue weighted by molar-refractivity contribution is 5.91. The fourth-order valence-electron chi connectivity index (χ4n) is 3.82. The zero-order chi connectivity index (χ0) is 21.7. The van der Waals surface area contributed by atoms with Gasteiger partial charge in [-0.15, -0.1) is 0 Å². The Balaban J connectivity index is 1.78. The molecular formula is C25H30N2O3. The fourth-order valence-corrected chi connectivity index (χ4v) is 3.82. The van der Waals surface area contributed by atoms with Gasteiger partial charge in [0.15, 0.2) is 0 Å². The quantitative estimate of drug-likeness (QED) is 0.540. The van der Waals surface area contributed by atoms with Crippen molar-refractivity contribution in [3.63, 3.8) is 0 Å². The van der Waals surface area contributed by atoms with Gasteiger partial charge in [-0.2, -0.15) is 0 Å². The largest absolute Gasteiger partial charge is 0.497 e. The number of rotatable bonds is 9. The van der Waals surface area contributed by atoms with Crippen molar-refractivity contribution < 1.29 is 14.6 Å². The van der Waals surface area contributed by atoms with Crippen LogP contribution in [-0.2, 0) is 26.1 Å². The van der Waals surface area contributed by atoms with E-state index in [1.807, 2.05) is 38.1 Å². The van der Waals surface area contributed by atoms with Crippen molar-refractivity contribution in [2.75, 3.05) is 7.11 Å².